The topological polar surface area (TPSA) is 55.3 Å². The third-order valence-electron chi connectivity index (χ3n) is 2.70. The van der Waals surface area contributed by atoms with Gasteiger partial charge in [-0.2, -0.15) is 0 Å². The van der Waals surface area contributed by atoms with Gasteiger partial charge in [-0.15, -0.1) is 10.2 Å². The third-order valence-corrected chi connectivity index (χ3v) is 2.98. The lowest BCUT2D eigenvalue weighted by atomic mass is 10.2. The first-order valence-corrected chi connectivity index (χ1v) is 6.50. The smallest absolute Gasteiger partial charge is 0.261 e. The van der Waals surface area contributed by atoms with Gasteiger partial charge in [-0.25, -0.2) is 0 Å². The molecule has 2 rings (SSSR count). The van der Waals surface area contributed by atoms with Crippen molar-refractivity contribution in [3.63, 3.8) is 0 Å². The Labute approximate surface area is 122 Å². The number of carbonyl (C=O) groups is 1. The maximum absolute atomic E-state index is 12.4. The van der Waals surface area contributed by atoms with Crippen molar-refractivity contribution >= 4 is 23.2 Å². The van der Waals surface area contributed by atoms with Gasteiger partial charge in [0.2, 0.25) is 5.88 Å². The Morgan fingerprint density at radius 1 is 1.30 bits per heavy atom. The van der Waals surface area contributed by atoms with Gasteiger partial charge < -0.3 is 9.64 Å². The molecule has 1 aromatic heterocycles. The first-order valence-electron chi connectivity index (χ1n) is 6.12. The Kier molecular flexibility index (Phi) is 4.53. The minimum atomic E-state index is -0.267. The number of halogens is 1. The van der Waals surface area contributed by atoms with Crippen LogP contribution in [0.3, 0.4) is 0 Å². The molecule has 104 valence electrons. The fourth-order valence-electron chi connectivity index (χ4n) is 1.68. The lowest BCUT2D eigenvalue weighted by Gasteiger charge is -2.17. The van der Waals surface area contributed by atoms with Crippen molar-refractivity contribution in [1.82, 2.24) is 10.2 Å². The van der Waals surface area contributed by atoms with Gasteiger partial charge in [0.05, 0.1) is 12.2 Å². The summed E-state index contributed by atoms with van der Waals surface area (Å²) in [7, 11) is 1.68. The summed E-state index contributed by atoms with van der Waals surface area (Å²) in [6.45, 7) is 2.27. The molecule has 0 aliphatic heterocycles. The lowest BCUT2D eigenvalue weighted by molar-refractivity contribution is 0.0992. The molecule has 0 unspecified atom stereocenters. The van der Waals surface area contributed by atoms with Gasteiger partial charge in [0.15, 0.2) is 5.15 Å². The highest BCUT2D eigenvalue weighted by molar-refractivity contribution is 6.33. The Morgan fingerprint density at radius 2 is 2.00 bits per heavy atom. The number of benzene rings is 1. The number of aromatic nitrogens is 2. The van der Waals surface area contributed by atoms with Crippen LogP contribution < -0.4 is 9.64 Å². The average molecular weight is 292 g/mol. The van der Waals surface area contributed by atoms with Crippen LogP contribution in [0.25, 0.3) is 0 Å². The van der Waals surface area contributed by atoms with E-state index in [1.807, 2.05) is 37.3 Å². The summed E-state index contributed by atoms with van der Waals surface area (Å²) in [5.74, 6) is 0.0127. The molecule has 1 aromatic carbocycles. The second-order valence-corrected chi connectivity index (χ2v) is 4.38. The molecular weight excluding hydrogens is 278 g/mol. The Morgan fingerprint density at radius 3 is 2.65 bits per heavy atom. The van der Waals surface area contributed by atoms with Crippen LogP contribution in [-0.4, -0.2) is 29.8 Å². The number of hydrogen-bond acceptors (Lipinski definition) is 4. The van der Waals surface area contributed by atoms with E-state index in [0.29, 0.717) is 6.61 Å². The second-order valence-electron chi connectivity index (χ2n) is 4.02. The van der Waals surface area contributed by atoms with Crippen LogP contribution in [-0.2, 0) is 0 Å². The Hall–Kier alpha value is -2.14. The summed E-state index contributed by atoms with van der Waals surface area (Å²) in [6, 6.07) is 10.8. The van der Waals surface area contributed by atoms with E-state index < -0.39 is 0 Å². The molecule has 0 saturated carbocycles. The van der Waals surface area contributed by atoms with Gasteiger partial charge >= 0.3 is 0 Å². The molecule has 0 bridgehead atoms. The van der Waals surface area contributed by atoms with Crippen LogP contribution in [0.5, 0.6) is 5.88 Å². The highest BCUT2D eigenvalue weighted by Gasteiger charge is 2.19. The van der Waals surface area contributed by atoms with Gasteiger partial charge in [-0.3, -0.25) is 4.79 Å². The fourth-order valence-corrected chi connectivity index (χ4v) is 1.85. The predicted octanol–water partition coefficient (Wildman–Crippen LogP) is 2.81. The van der Waals surface area contributed by atoms with Gasteiger partial charge in [-0.1, -0.05) is 29.8 Å². The first kappa shape index (κ1) is 14.3. The normalized spacial score (nSPS) is 10.2. The van der Waals surface area contributed by atoms with E-state index in [-0.39, 0.29) is 22.5 Å². The van der Waals surface area contributed by atoms with E-state index >= 15 is 0 Å². The Balaban J connectivity index is 2.31. The second kappa shape index (κ2) is 6.34. The molecule has 6 heteroatoms. The summed E-state index contributed by atoms with van der Waals surface area (Å²) >= 11 is 5.95. The molecule has 1 amide bonds. The lowest BCUT2D eigenvalue weighted by Crippen LogP contribution is -2.26. The zero-order valence-corrected chi connectivity index (χ0v) is 12.0. The summed E-state index contributed by atoms with van der Waals surface area (Å²) < 4.78 is 5.23. The summed E-state index contributed by atoms with van der Waals surface area (Å²) in [5.41, 5.74) is 1.03. The predicted molar refractivity (Wildman–Crippen MR) is 77.4 cm³/mol. The van der Waals surface area contributed by atoms with Crippen LogP contribution in [0, 0.1) is 0 Å². The SMILES string of the molecule is CCOc1cc(C(=O)N(C)c2ccccc2)c(Cl)nn1. The zero-order valence-electron chi connectivity index (χ0n) is 11.2. The molecule has 0 N–H and O–H groups in total. The number of nitrogens with zero attached hydrogens (tertiary/aromatic N) is 3. The van der Waals surface area contributed by atoms with Crippen molar-refractivity contribution in [2.45, 2.75) is 6.92 Å². The number of ether oxygens (including phenoxy) is 1. The van der Waals surface area contributed by atoms with E-state index in [0.717, 1.165) is 5.69 Å². The molecule has 0 radical (unpaired) electrons. The van der Waals surface area contributed by atoms with Crippen molar-refractivity contribution < 1.29 is 9.53 Å². The molecule has 0 aliphatic rings. The summed E-state index contributed by atoms with van der Waals surface area (Å²) in [4.78, 5) is 13.9. The van der Waals surface area contributed by atoms with Crippen LogP contribution in [0.1, 0.15) is 17.3 Å². The number of rotatable bonds is 4. The number of amides is 1. The quantitative estimate of drug-likeness (QED) is 0.869. The molecule has 5 nitrogen and oxygen atoms in total. The van der Waals surface area contributed by atoms with Crippen LogP contribution in [0.4, 0.5) is 5.69 Å². The van der Waals surface area contributed by atoms with E-state index in [1.165, 1.54) is 11.0 Å². The zero-order chi connectivity index (χ0) is 14.5. The molecule has 0 saturated heterocycles. The first-order chi connectivity index (χ1) is 9.63. The standard InChI is InChI=1S/C14H14ClN3O2/c1-3-20-12-9-11(13(15)17-16-12)14(19)18(2)10-7-5-4-6-8-10/h4-9H,3H2,1-2H3. The number of anilines is 1. The molecule has 0 aliphatic carbocycles. The molecule has 0 spiro atoms. The van der Waals surface area contributed by atoms with Crippen molar-refractivity contribution in [3.8, 4) is 5.88 Å². The van der Waals surface area contributed by atoms with Crippen molar-refractivity contribution in [1.29, 1.82) is 0 Å². The summed E-state index contributed by atoms with van der Waals surface area (Å²) in [6.07, 6.45) is 0. The minimum absolute atomic E-state index is 0.0567. The number of hydrogen-bond donors (Lipinski definition) is 0. The van der Waals surface area contributed by atoms with E-state index in [4.69, 9.17) is 16.3 Å². The Bertz CT molecular complexity index is 605. The van der Waals surface area contributed by atoms with Gasteiger partial charge in [-0.05, 0) is 19.1 Å². The van der Waals surface area contributed by atoms with Gasteiger partial charge in [0, 0.05) is 18.8 Å². The van der Waals surface area contributed by atoms with Crippen molar-refractivity contribution in [2.24, 2.45) is 0 Å². The summed E-state index contributed by atoms with van der Waals surface area (Å²) in [5, 5.41) is 7.56. The fraction of sp³-hybridized carbons (Fsp3) is 0.214. The molecule has 0 fully saturated rings. The maximum Gasteiger partial charge on any atom is 0.261 e. The largest absolute Gasteiger partial charge is 0.477 e. The molecular formula is C14H14ClN3O2. The average Bonchev–Trinajstić information content (AvgIpc) is 2.49. The highest BCUT2D eigenvalue weighted by atomic mass is 35.5. The van der Waals surface area contributed by atoms with Crippen LogP contribution in [0.15, 0.2) is 36.4 Å². The number of carbonyl (C=O) groups excluding carboxylic acids is 1. The van der Waals surface area contributed by atoms with Crippen molar-refractivity contribution in [2.75, 3.05) is 18.6 Å². The minimum Gasteiger partial charge on any atom is -0.477 e. The van der Waals surface area contributed by atoms with E-state index in [1.54, 1.807) is 7.05 Å². The van der Waals surface area contributed by atoms with Crippen LogP contribution >= 0.6 is 11.6 Å². The van der Waals surface area contributed by atoms with E-state index in [2.05, 4.69) is 10.2 Å². The monoisotopic (exact) mass is 291 g/mol. The highest BCUT2D eigenvalue weighted by Crippen LogP contribution is 2.21. The molecule has 1 heterocycles. The van der Waals surface area contributed by atoms with E-state index in [9.17, 15) is 4.79 Å². The van der Waals surface area contributed by atoms with Gasteiger partial charge in [0.25, 0.3) is 5.91 Å². The van der Waals surface area contributed by atoms with Crippen LogP contribution in [0.2, 0.25) is 5.15 Å². The van der Waals surface area contributed by atoms with Gasteiger partial charge in [0.1, 0.15) is 0 Å². The number of para-hydroxylation sites is 1. The van der Waals surface area contributed by atoms with Crippen molar-refractivity contribution in [3.05, 3.63) is 47.1 Å². The third kappa shape index (κ3) is 3.05. The molecule has 2 aromatic rings. The maximum atomic E-state index is 12.4. The molecule has 0 atom stereocenters. The molecule has 20 heavy (non-hydrogen) atoms.